The molecular formula is C23H26N6O3. The maximum Gasteiger partial charge on any atom is 0.231 e. The quantitative estimate of drug-likeness (QED) is 0.567. The lowest BCUT2D eigenvalue weighted by Crippen LogP contribution is -2.46. The third kappa shape index (κ3) is 3.97. The first-order chi connectivity index (χ1) is 15.6. The van der Waals surface area contributed by atoms with Gasteiger partial charge in [-0.3, -0.25) is 0 Å². The standard InChI is InChI=1S/C23H26N6O3/c30-15-20-19-7-2-1-4-16(19)8-9-29(20)23-25-21(17-5-3-6-18(31)14-17)24-22(26-23)27-10-12-28(32)13-11-27/h1-7,14,20,30-32H,8-13,15H2/t20-/m0/s1. The van der Waals surface area contributed by atoms with Crippen LogP contribution >= 0.6 is 0 Å². The molecule has 1 saturated heterocycles. The first kappa shape index (κ1) is 20.6. The van der Waals surface area contributed by atoms with Gasteiger partial charge in [0.1, 0.15) is 5.75 Å². The summed E-state index contributed by atoms with van der Waals surface area (Å²) in [4.78, 5) is 18.3. The van der Waals surface area contributed by atoms with Crippen LogP contribution in [-0.2, 0) is 6.42 Å². The minimum Gasteiger partial charge on any atom is -0.508 e. The second kappa shape index (κ2) is 8.70. The van der Waals surface area contributed by atoms with Gasteiger partial charge in [0.05, 0.1) is 12.6 Å². The van der Waals surface area contributed by atoms with Gasteiger partial charge in [-0.2, -0.15) is 20.0 Å². The minimum atomic E-state index is -0.249. The lowest BCUT2D eigenvalue weighted by atomic mass is 9.93. The molecule has 0 spiro atoms. The van der Waals surface area contributed by atoms with E-state index in [0.29, 0.717) is 56.0 Å². The van der Waals surface area contributed by atoms with Gasteiger partial charge in [0.2, 0.25) is 11.9 Å². The number of hydrogen-bond acceptors (Lipinski definition) is 9. The van der Waals surface area contributed by atoms with Gasteiger partial charge in [-0.1, -0.05) is 36.4 Å². The van der Waals surface area contributed by atoms with E-state index in [1.165, 1.54) is 10.6 Å². The Hall–Kier alpha value is -3.27. The van der Waals surface area contributed by atoms with E-state index in [9.17, 15) is 15.4 Å². The summed E-state index contributed by atoms with van der Waals surface area (Å²) in [5.74, 6) is 1.62. The predicted octanol–water partition coefficient (Wildman–Crippen LogP) is 1.85. The van der Waals surface area contributed by atoms with E-state index in [1.54, 1.807) is 18.2 Å². The predicted molar refractivity (Wildman–Crippen MR) is 120 cm³/mol. The highest BCUT2D eigenvalue weighted by atomic mass is 16.5. The molecule has 1 aromatic heterocycles. The van der Waals surface area contributed by atoms with Gasteiger partial charge in [-0.15, -0.1) is 0 Å². The number of phenolic OH excluding ortho intramolecular Hbond substituents is 1. The fraction of sp³-hybridized carbons (Fsp3) is 0.348. The number of benzene rings is 2. The lowest BCUT2D eigenvalue weighted by Gasteiger charge is -2.37. The van der Waals surface area contributed by atoms with Crippen molar-refractivity contribution >= 4 is 11.9 Å². The van der Waals surface area contributed by atoms with E-state index in [-0.39, 0.29) is 18.4 Å². The number of aliphatic hydroxyl groups is 1. The maximum absolute atomic E-state index is 10.2. The molecule has 0 amide bonds. The molecule has 32 heavy (non-hydrogen) atoms. The van der Waals surface area contributed by atoms with E-state index >= 15 is 0 Å². The Kier molecular flexibility index (Phi) is 5.60. The second-order valence-corrected chi connectivity index (χ2v) is 8.09. The lowest BCUT2D eigenvalue weighted by molar-refractivity contribution is -0.0937. The minimum absolute atomic E-state index is 0.0529. The van der Waals surface area contributed by atoms with Crippen LogP contribution in [0.2, 0.25) is 0 Å². The van der Waals surface area contributed by atoms with Crippen molar-refractivity contribution in [3.63, 3.8) is 0 Å². The van der Waals surface area contributed by atoms with Crippen molar-refractivity contribution in [2.45, 2.75) is 12.5 Å². The van der Waals surface area contributed by atoms with Gasteiger partial charge in [-0.25, -0.2) is 0 Å². The molecule has 0 unspecified atom stereocenters. The molecule has 0 aliphatic carbocycles. The van der Waals surface area contributed by atoms with Crippen LogP contribution in [0.15, 0.2) is 48.5 Å². The van der Waals surface area contributed by atoms with Crippen LogP contribution in [0.4, 0.5) is 11.9 Å². The molecule has 2 aliphatic heterocycles. The highest BCUT2D eigenvalue weighted by Gasteiger charge is 2.30. The number of hydrogen-bond donors (Lipinski definition) is 3. The summed E-state index contributed by atoms with van der Waals surface area (Å²) in [6.07, 6.45) is 0.832. The van der Waals surface area contributed by atoms with Crippen LogP contribution in [0.3, 0.4) is 0 Å². The van der Waals surface area contributed by atoms with Gasteiger partial charge in [0.25, 0.3) is 0 Å². The van der Waals surface area contributed by atoms with Crippen molar-refractivity contribution in [2.24, 2.45) is 0 Å². The van der Waals surface area contributed by atoms with E-state index in [1.807, 2.05) is 34.1 Å². The smallest absolute Gasteiger partial charge is 0.231 e. The van der Waals surface area contributed by atoms with Crippen LogP contribution < -0.4 is 9.80 Å². The van der Waals surface area contributed by atoms with Gasteiger partial charge in [-0.05, 0) is 29.7 Å². The number of aromatic nitrogens is 3. The number of fused-ring (bicyclic) bond motifs is 1. The number of rotatable bonds is 4. The molecule has 2 aromatic carbocycles. The molecule has 9 heteroatoms. The number of phenols is 1. The number of nitrogens with zero attached hydrogens (tertiary/aromatic N) is 6. The summed E-state index contributed by atoms with van der Waals surface area (Å²) < 4.78 is 0. The van der Waals surface area contributed by atoms with Crippen molar-refractivity contribution in [1.29, 1.82) is 0 Å². The van der Waals surface area contributed by atoms with Crippen molar-refractivity contribution in [3.05, 3.63) is 59.7 Å². The van der Waals surface area contributed by atoms with E-state index < -0.39 is 0 Å². The Balaban J connectivity index is 1.58. The van der Waals surface area contributed by atoms with Crippen molar-refractivity contribution in [2.75, 3.05) is 49.1 Å². The first-order valence-corrected chi connectivity index (χ1v) is 10.8. The zero-order valence-electron chi connectivity index (χ0n) is 17.7. The molecule has 3 aromatic rings. The molecule has 0 bridgehead atoms. The molecular weight excluding hydrogens is 408 g/mol. The average molecular weight is 435 g/mol. The van der Waals surface area contributed by atoms with Crippen LogP contribution in [-0.4, -0.2) is 74.8 Å². The molecule has 1 atom stereocenters. The molecule has 3 N–H and O–H groups in total. The van der Waals surface area contributed by atoms with Crippen molar-refractivity contribution in [1.82, 2.24) is 20.0 Å². The van der Waals surface area contributed by atoms with Crippen molar-refractivity contribution in [3.8, 4) is 17.1 Å². The third-order valence-corrected chi connectivity index (χ3v) is 6.10. The van der Waals surface area contributed by atoms with E-state index in [2.05, 4.69) is 11.1 Å². The number of hydroxylamine groups is 2. The molecule has 1 fully saturated rings. The van der Waals surface area contributed by atoms with Crippen LogP contribution in [0.5, 0.6) is 5.75 Å². The fourth-order valence-electron chi connectivity index (χ4n) is 4.38. The van der Waals surface area contributed by atoms with E-state index in [4.69, 9.17) is 9.97 Å². The molecule has 3 heterocycles. The van der Waals surface area contributed by atoms with Crippen LogP contribution in [0.25, 0.3) is 11.4 Å². The van der Waals surface area contributed by atoms with Crippen LogP contribution in [0, 0.1) is 0 Å². The zero-order valence-corrected chi connectivity index (χ0v) is 17.7. The number of anilines is 2. The highest BCUT2D eigenvalue weighted by molar-refractivity contribution is 5.61. The Morgan fingerprint density at radius 1 is 0.875 bits per heavy atom. The summed E-state index contributed by atoms with van der Waals surface area (Å²) >= 11 is 0. The Morgan fingerprint density at radius 3 is 2.44 bits per heavy atom. The fourth-order valence-corrected chi connectivity index (χ4v) is 4.38. The first-order valence-electron chi connectivity index (χ1n) is 10.8. The van der Waals surface area contributed by atoms with Gasteiger partial charge in [0.15, 0.2) is 5.82 Å². The van der Waals surface area contributed by atoms with Crippen molar-refractivity contribution < 1.29 is 15.4 Å². The average Bonchev–Trinajstić information content (AvgIpc) is 2.83. The second-order valence-electron chi connectivity index (χ2n) is 8.09. The Bertz CT molecular complexity index is 1100. The molecule has 0 radical (unpaired) electrons. The summed E-state index contributed by atoms with van der Waals surface area (Å²) in [6.45, 7) is 2.80. The summed E-state index contributed by atoms with van der Waals surface area (Å²) in [6, 6.07) is 14.7. The topological polar surface area (TPSA) is 109 Å². The third-order valence-electron chi connectivity index (χ3n) is 6.10. The molecule has 166 valence electrons. The molecule has 5 rings (SSSR count). The Labute approximate surface area is 186 Å². The van der Waals surface area contributed by atoms with E-state index in [0.717, 1.165) is 12.0 Å². The molecule has 9 nitrogen and oxygen atoms in total. The number of piperazine rings is 1. The highest BCUT2D eigenvalue weighted by Crippen LogP contribution is 2.33. The van der Waals surface area contributed by atoms with Gasteiger partial charge in [0, 0.05) is 38.3 Å². The summed E-state index contributed by atoms with van der Waals surface area (Å²) in [7, 11) is 0. The molecule has 2 aliphatic rings. The maximum atomic E-state index is 10.2. The zero-order chi connectivity index (χ0) is 22.1. The number of aliphatic hydroxyl groups excluding tert-OH is 1. The SMILES string of the molecule is OC[C@H]1c2ccccc2CCN1c1nc(-c2cccc(O)c2)nc(N2CCN(O)CC2)n1. The normalized spacial score (nSPS) is 19.1. The monoisotopic (exact) mass is 434 g/mol. The summed E-state index contributed by atoms with van der Waals surface area (Å²) in [5, 5.41) is 31.3. The summed E-state index contributed by atoms with van der Waals surface area (Å²) in [5.41, 5.74) is 2.99. The van der Waals surface area contributed by atoms with Gasteiger partial charge >= 0.3 is 0 Å². The van der Waals surface area contributed by atoms with Gasteiger partial charge < -0.3 is 25.2 Å². The molecule has 0 saturated carbocycles. The Morgan fingerprint density at radius 2 is 1.66 bits per heavy atom. The number of aromatic hydroxyl groups is 1. The van der Waals surface area contributed by atoms with Crippen LogP contribution in [0.1, 0.15) is 17.2 Å². The largest absolute Gasteiger partial charge is 0.508 e.